The Balaban J connectivity index is 1.28. The molecule has 2 aromatic rings. The molecule has 5 rings (SSSR count). The Morgan fingerprint density at radius 2 is 1.43 bits per heavy atom. The van der Waals surface area contributed by atoms with Crippen molar-refractivity contribution in [1.29, 1.82) is 0 Å². The minimum atomic E-state index is 0.297. The molecule has 3 aliphatic heterocycles. The lowest BCUT2D eigenvalue weighted by Gasteiger charge is -2.35. The van der Waals surface area contributed by atoms with Crippen LogP contribution in [0.5, 0.6) is 11.5 Å². The molecule has 0 bridgehead atoms. The van der Waals surface area contributed by atoms with E-state index in [4.69, 9.17) is 14.2 Å². The lowest BCUT2D eigenvalue weighted by atomic mass is 10.1. The summed E-state index contributed by atoms with van der Waals surface area (Å²) in [5, 5.41) is 0. The van der Waals surface area contributed by atoms with Gasteiger partial charge in [-0.05, 0) is 48.7 Å². The van der Waals surface area contributed by atoms with E-state index in [1.54, 1.807) is 0 Å². The van der Waals surface area contributed by atoms with Gasteiger partial charge in [0.15, 0.2) is 0 Å². The van der Waals surface area contributed by atoms with Gasteiger partial charge in [0, 0.05) is 51.3 Å². The molecule has 0 N–H and O–H groups in total. The summed E-state index contributed by atoms with van der Waals surface area (Å²) in [6.07, 6.45) is 1.62. The number of rotatable bonds is 4. The predicted molar refractivity (Wildman–Crippen MR) is 117 cm³/mol. The molecule has 5 nitrogen and oxygen atoms in total. The van der Waals surface area contributed by atoms with Crippen LogP contribution in [0.1, 0.15) is 36.1 Å². The van der Waals surface area contributed by atoms with Gasteiger partial charge < -0.3 is 14.2 Å². The van der Waals surface area contributed by atoms with Crippen molar-refractivity contribution in [2.24, 2.45) is 0 Å². The van der Waals surface area contributed by atoms with E-state index in [2.05, 4.69) is 60.0 Å². The highest BCUT2D eigenvalue weighted by Gasteiger charge is 2.23. The molecule has 2 aromatic carbocycles. The summed E-state index contributed by atoms with van der Waals surface area (Å²) in [6.45, 7) is 11.6. The maximum Gasteiger partial charge on any atom is 0.123 e. The SMILES string of the molecule is C[C@@H]1CN(Cc2ccc3c(c2)CN(Cc2ccc4c(c2)CCO4)CCO3)C[C@H](C)O1. The van der Waals surface area contributed by atoms with Gasteiger partial charge in [-0.1, -0.05) is 18.2 Å². The molecule has 5 heteroatoms. The summed E-state index contributed by atoms with van der Waals surface area (Å²) in [4.78, 5) is 4.99. The number of morpholine rings is 1. The standard InChI is InChI=1S/C25H32N2O3/c1-18-13-27(14-19(2)30-18)16-21-4-6-25-23(12-21)17-26(8-10-29-25)15-20-3-5-24-22(11-20)7-9-28-24/h3-6,11-12,18-19H,7-10,13-17H2,1-2H3/t18-,19+. The second-order valence-corrected chi connectivity index (χ2v) is 8.99. The van der Waals surface area contributed by atoms with Crippen LogP contribution in [0, 0.1) is 0 Å². The van der Waals surface area contributed by atoms with Crippen LogP contribution in [0.2, 0.25) is 0 Å². The molecule has 0 radical (unpaired) electrons. The van der Waals surface area contributed by atoms with Crippen LogP contribution in [-0.4, -0.2) is 54.9 Å². The molecule has 0 aromatic heterocycles. The molecule has 1 saturated heterocycles. The van der Waals surface area contributed by atoms with Crippen LogP contribution in [-0.2, 0) is 30.8 Å². The van der Waals surface area contributed by atoms with Crippen molar-refractivity contribution in [3.8, 4) is 11.5 Å². The maximum absolute atomic E-state index is 6.07. The van der Waals surface area contributed by atoms with E-state index in [-0.39, 0.29) is 0 Å². The van der Waals surface area contributed by atoms with E-state index in [0.29, 0.717) is 12.2 Å². The third-order valence-electron chi connectivity index (χ3n) is 6.25. The van der Waals surface area contributed by atoms with E-state index in [1.807, 2.05) is 0 Å². The van der Waals surface area contributed by atoms with Crippen molar-refractivity contribution in [3.05, 3.63) is 58.7 Å². The fraction of sp³-hybridized carbons (Fsp3) is 0.520. The zero-order valence-corrected chi connectivity index (χ0v) is 18.1. The normalized spacial score (nSPS) is 24.5. The third kappa shape index (κ3) is 4.48. The minimum absolute atomic E-state index is 0.297. The van der Waals surface area contributed by atoms with Gasteiger partial charge in [0.2, 0.25) is 0 Å². The molecular weight excluding hydrogens is 376 g/mol. The highest BCUT2D eigenvalue weighted by molar-refractivity contribution is 5.40. The van der Waals surface area contributed by atoms with Crippen molar-refractivity contribution in [3.63, 3.8) is 0 Å². The van der Waals surface area contributed by atoms with Crippen molar-refractivity contribution in [2.45, 2.75) is 52.1 Å². The lowest BCUT2D eigenvalue weighted by Crippen LogP contribution is -2.44. The van der Waals surface area contributed by atoms with Crippen molar-refractivity contribution in [2.75, 3.05) is 32.8 Å². The average molecular weight is 409 g/mol. The summed E-state index contributed by atoms with van der Waals surface area (Å²) in [5.74, 6) is 2.09. The molecule has 3 heterocycles. The van der Waals surface area contributed by atoms with Gasteiger partial charge in [0.25, 0.3) is 0 Å². The number of ether oxygens (including phenoxy) is 3. The smallest absolute Gasteiger partial charge is 0.123 e. The fourth-order valence-corrected chi connectivity index (χ4v) is 5.00. The average Bonchev–Trinajstić information content (AvgIpc) is 3.07. The van der Waals surface area contributed by atoms with Crippen molar-refractivity contribution >= 4 is 0 Å². The van der Waals surface area contributed by atoms with Crippen LogP contribution in [0.4, 0.5) is 0 Å². The Kier molecular flexibility index (Phi) is 5.68. The first-order chi connectivity index (χ1) is 14.6. The molecule has 0 saturated carbocycles. The monoisotopic (exact) mass is 408 g/mol. The Hall–Kier alpha value is -2.08. The second-order valence-electron chi connectivity index (χ2n) is 8.99. The zero-order chi connectivity index (χ0) is 20.5. The van der Waals surface area contributed by atoms with Gasteiger partial charge in [-0.2, -0.15) is 0 Å². The first kappa shape index (κ1) is 19.9. The Morgan fingerprint density at radius 1 is 0.800 bits per heavy atom. The van der Waals surface area contributed by atoms with Gasteiger partial charge in [-0.15, -0.1) is 0 Å². The summed E-state index contributed by atoms with van der Waals surface area (Å²) < 4.78 is 17.6. The molecule has 160 valence electrons. The van der Waals surface area contributed by atoms with Gasteiger partial charge >= 0.3 is 0 Å². The summed E-state index contributed by atoms with van der Waals surface area (Å²) in [5.41, 5.74) is 5.35. The zero-order valence-electron chi connectivity index (χ0n) is 18.1. The Labute approximate surface area is 179 Å². The fourth-order valence-electron chi connectivity index (χ4n) is 5.00. The van der Waals surface area contributed by atoms with Gasteiger partial charge in [-0.3, -0.25) is 9.80 Å². The first-order valence-electron chi connectivity index (χ1n) is 11.2. The molecule has 3 aliphatic rings. The Bertz CT molecular complexity index is 890. The van der Waals surface area contributed by atoms with Crippen LogP contribution < -0.4 is 9.47 Å². The van der Waals surface area contributed by atoms with Crippen LogP contribution in [0.25, 0.3) is 0 Å². The van der Waals surface area contributed by atoms with Gasteiger partial charge in [0.05, 0.1) is 18.8 Å². The van der Waals surface area contributed by atoms with E-state index in [9.17, 15) is 0 Å². The van der Waals surface area contributed by atoms with Crippen LogP contribution >= 0.6 is 0 Å². The van der Waals surface area contributed by atoms with E-state index < -0.39 is 0 Å². The Morgan fingerprint density at radius 3 is 2.20 bits per heavy atom. The summed E-state index contributed by atoms with van der Waals surface area (Å²) in [7, 11) is 0. The molecule has 30 heavy (non-hydrogen) atoms. The van der Waals surface area contributed by atoms with Crippen molar-refractivity contribution < 1.29 is 14.2 Å². The quantitative estimate of drug-likeness (QED) is 0.772. The van der Waals surface area contributed by atoms with Crippen LogP contribution in [0.3, 0.4) is 0 Å². The van der Waals surface area contributed by atoms with Gasteiger partial charge in [-0.25, -0.2) is 0 Å². The number of hydrogen-bond donors (Lipinski definition) is 0. The molecule has 2 atom stereocenters. The number of hydrogen-bond acceptors (Lipinski definition) is 5. The van der Waals surface area contributed by atoms with E-state index >= 15 is 0 Å². The lowest BCUT2D eigenvalue weighted by molar-refractivity contribution is -0.0704. The predicted octanol–water partition coefficient (Wildman–Crippen LogP) is 3.63. The number of nitrogens with zero attached hydrogens (tertiary/aromatic N) is 2. The van der Waals surface area contributed by atoms with Gasteiger partial charge in [0.1, 0.15) is 18.1 Å². The first-order valence-corrected chi connectivity index (χ1v) is 11.2. The molecule has 1 fully saturated rings. The molecular formula is C25H32N2O3. The largest absolute Gasteiger partial charge is 0.493 e. The van der Waals surface area contributed by atoms with E-state index in [1.165, 1.54) is 22.3 Å². The molecule has 0 aliphatic carbocycles. The molecule has 0 unspecified atom stereocenters. The highest BCUT2D eigenvalue weighted by Crippen LogP contribution is 2.29. The summed E-state index contributed by atoms with van der Waals surface area (Å²) in [6, 6.07) is 13.4. The minimum Gasteiger partial charge on any atom is -0.493 e. The summed E-state index contributed by atoms with van der Waals surface area (Å²) >= 11 is 0. The maximum atomic E-state index is 6.07. The molecule has 0 amide bonds. The number of fused-ring (bicyclic) bond motifs is 2. The van der Waals surface area contributed by atoms with Crippen LogP contribution in [0.15, 0.2) is 36.4 Å². The molecule has 0 spiro atoms. The van der Waals surface area contributed by atoms with Crippen molar-refractivity contribution in [1.82, 2.24) is 9.80 Å². The van der Waals surface area contributed by atoms with E-state index in [0.717, 1.165) is 70.4 Å². The topological polar surface area (TPSA) is 34.2 Å². The highest BCUT2D eigenvalue weighted by atomic mass is 16.5. The third-order valence-corrected chi connectivity index (χ3v) is 6.25. The second kappa shape index (κ2) is 8.58. The number of benzene rings is 2.